The Bertz CT molecular complexity index is 1010. The summed E-state index contributed by atoms with van der Waals surface area (Å²) in [6, 6.07) is 13.5. The standard InChI is InChI=1S/C21H19ClN2O5/c1-12-18(13(2)29-24-12)21(26)28-19(14-7-5-4-6-8-14)20(25)23-15-9-10-17(27-3)16(22)11-15/h4-11,19H,1-3H3,(H,23,25)/t19-/m0/s1. The van der Waals surface area contributed by atoms with Gasteiger partial charge in [-0.1, -0.05) is 47.1 Å². The van der Waals surface area contributed by atoms with Crippen LogP contribution in [0.15, 0.2) is 53.1 Å². The fraction of sp³-hybridized carbons (Fsp3) is 0.190. The number of nitrogens with one attached hydrogen (secondary N) is 1. The maximum absolute atomic E-state index is 13.0. The van der Waals surface area contributed by atoms with E-state index in [1.54, 1.807) is 62.4 Å². The Morgan fingerprint density at radius 2 is 1.86 bits per heavy atom. The molecule has 0 saturated carbocycles. The molecule has 8 heteroatoms. The van der Waals surface area contributed by atoms with Crippen molar-refractivity contribution in [2.45, 2.75) is 20.0 Å². The highest BCUT2D eigenvalue weighted by molar-refractivity contribution is 6.32. The number of ether oxygens (including phenoxy) is 2. The summed E-state index contributed by atoms with van der Waals surface area (Å²) in [5.41, 5.74) is 1.55. The molecular formula is C21H19ClN2O5. The predicted molar refractivity (Wildman–Crippen MR) is 107 cm³/mol. The van der Waals surface area contributed by atoms with Gasteiger partial charge in [0, 0.05) is 11.3 Å². The number of esters is 1. The largest absolute Gasteiger partial charge is 0.495 e. The quantitative estimate of drug-likeness (QED) is 0.597. The van der Waals surface area contributed by atoms with E-state index in [4.69, 9.17) is 25.6 Å². The molecule has 1 N–H and O–H groups in total. The molecule has 3 aromatic rings. The number of aryl methyl sites for hydroxylation is 2. The third-order valence-corrected chi connectivity index (χ3v) is 4.52. The van der Waals surface area contributed by atoms with E-state index in [1.165, 1.54) is 7.11 Å². The van der Waals surface area contributed by atoms with Crippen LogP contribution in [0.4, 0.5) is 5.69 Å². The molecule has 0 bridgehead atoms. The first-order valence-corrected chi connectivity index (χ1v) is 9.11. The van der Waals surface area contributed by atoms with Gasteiger partial charge in [0.2, 0.25) is 6.10 Å². The lowest BCUT2D eigenvalue weighted by Crippen LogP contribution is -2.26. The van der Waals surface area contributed by atoms with Crippen molar-refractivity contribution in [3.63, 3.8) is 0 Å². The summed E-state index contributed by atoms with van der Waals surface area (Å²) in [7, 11) is 1.50. The second-order valence-corrected chi connectivity index (χ2v) is 6.64. The number of methoxy groups -OCH3 is 1. The number of nitrogens with zero attached hydrogens (tertiary/aromatic N) is 1. The first-order chi connectivity index (χ1) is 13.9. The van der Waals surface area contributed by atoms with Crippen LogP contribution in [0.5, 0.6) is 5.75 Å². The Hall–Kier alpha value is -3.32. The lowest BCUT2D eigenvalue weighted by molar-refractivity contribution is -0.125. The van der Waals surface area contributed by atoms with E-state index >= 15 is 0 Å². The van der Waals surface area contributed by atoms with E-state index in [0.29, 0.717) is 33.5 Å². The number of aromatic nitrogens is 1. The maximum atomic E-state index is 13.0. The Morgan fingerprint density at radius 3 is 2.45 bits per heavy atom. The summed E-state index contributed by atoms with van der Waals surface area (Å²) in [5, 5.41) is 6.81. The summed E-state index contributed by atoms with van der Waals surface area (Å²) < 4.78 is 15.7. The molecule has 3 rings (SSSR count). The van der Waals surface area contributed by atoms with Gasteiger partial charge in [0.15, 0.2) is 0 Å². The van der Waals surface area contributed by atoms with Crippen LogP contribution in [-0.4, -0.2) is 24.1 Å². The van der Waals surface area contributed by atoms with Crippen molar-refractivity contribution >= 4 is 29.2 Å². The fourth-order valence-corrected chi connectivity index (χ4v) is 3.05. The van der Waals surface area contributed by atoms with Gasteiger partial charge in [-0.05, 0) is 32.0 Å². The monoisotopic (exact) mass is 414 g/mol. The molecule has 0 saturated heterocycles. The van der Waals surface area contributed by atoms with Crippen LogP contribution in [0.1, 0.15) is 33.5 Å². The Kier molecular flexibility index (Phi) is 6.19. The van der Waals surface area contributed by atoms with E-state index in [-0.39, 0.29) is 5.56 Å². The zero-order chi connectivity index (χ0) is 21.0. The molecule has 0 aliphatic rings. The lowest BCUT2D eigenvalue weighted by atomic mass is 10.1. The van der Waals surface area contributed by atoms with E-state index in [1.807, 2.05) is 0 Å². The number of carbonyl (C=O) groups is 2. The minimum absolute atomic E-state index is 0.200. The molecule has 1 atom stereocenters. The molecule has 2 aromatic carbocycles. The topological polar surface area (TPSA) is 90.7 Å². The zero-order valence-corrected chi connectivity index (χ0v) is 16.8. The van der Waals surface area contributed by atoms with Crippen LogP contribution in [0.3, 0.4) is 0 Å². The molecule has 1 amide bonds. The van der Waals surface area contributed by atoms with Crippen LogP contribution < -0.4 is 10.1 Å². The highest BCUT2D eigenvalue weighted by Crippen LogP contribution is 2.29. The van der Waals surface area contributed by atoms with Crippen molar-refractivity contribution in [3.8, 4) is 5.75 Å². The molecule has 0 radical (unpaired) electrons. The smallest absolute Gasteiger partial charge is 0.344 e. The van der Waals surface area contributed by atoms with Gasteiger partial charge in [-0.25, -0.2) is 4.79 Å². The molecule has 7 nitrogen and oxygen atoms in total. The van der Waals surface area contributed by atoms with Crippen LogP contribution in [0, 0.1) is 13.8 Å². The van der Waals surface area contributed by atoms with Gasteiger partial charge in [0.25, 0.3) is 5.91 Å². The number of rotatable bonds is 6. The van der Waals surface area contributed by atoms with Gasteiger partial charge in [-0.2, -0.15) is 0 Å². The summed E-state index contributed by atoms with van der Waals surface area (Å²) in [4.78, 5) is 25.6. The van der Waals surface area contributed by atoms with Crippen LogP contribution >= 0.6 is 11.6 Å². The predicted octanol–water partition coefficient (Wildman–Crippen LogP) is 4.49. The molecule has 0 aliphatic carbocycles. The van der Waals surface area contributed by atoms with Gasteiger partial charge >= 0.3 is 5.97 Å². The highest BCUT2D eigenvalue weighted by atomic mass is 35.5. The first kappa shape index (κ1) is 20.4. The highest BCUT2D eigenvalue weighted by Gasteiger charge is 2.28. The Morgan fingerprint density at radius 1 is 1.14 bits per heavy atom. The van der Waals surface area contributed by atoms with Crippen molar-refractivity contribution < 1.29 is 23.6 Å². The van der Waals surface area contributed by atoms with Gasteiger partial charge in [0.1, 0.15) is 17.1 Å². The molecule has 150 valence electrons. The average molecular weight is 415 g/mol. The number of amides is 1. The van der Waals surface area contributed by atoms with Crippen LogP contribution in [-0.2, 0) is 9.53 Å². The zero-order valence-electron chi connectivity index (χ0n) is 16.1. The van der Waals surface area contributed by atoms with Crippen molar-refractivity contribution in [2.75, 3.05) is 12.4 Å². The average Bonchev–Trinajstić information content (AvgIpc) is 3.05. The number of hydrogen-bond donors (Lipinski definition) is 1. The maximum Gasteiger partial charge on any atom is 0.344 e. The SMILES string of the molecule is COc1ccc(NC(=O)[C@@H](OC(=O)c2c(C)noc2C)c2ccccc2)cc1Cl. The molecule has 0 fully saturated rings. The van der Waals surface area contributed by atoms with Crippen LogP contribution in [0.25, 0.3) is 0 Å². The minimum atomic E-state index is -1.18. The number of halogens is 1. The fourth-order valence-electron chi connectivity index (χ4n) is 2.79. The molecule has 29 heavy (non-hydrogen) atoms. The van der Waals surface area contributed by atoms with Crippen molar-refractivity contribution in [1.82, 2.24) is 5.16 Å². The molecule has 0 spiro atoms. The van der Waals surface area contributed by atoms with E-state index < -0.39 is 18.0 Å². The number of carbonyl (C=O) groups excluding carboxylic acids is 2. The van der Waals surface area contributed by atoms with Crippen molar-refractivity contribution in [3.05, 3.63) is 76.1 Å². The van der Waals surface area contributed by atoms with E-state index in [2.05, 4.69) is 10.5 Å². The Labute approximate surface area is 172 Å². The molecule has 0 aliphatic heterocycles. The normalized spacial score (nSPS) is 11.6. The number of anilines is 1. The van der Waals surface area contributed by atoms with Crippen LogP contribution in [0.2, 0.25) is 5.02 Å². The Balaban J connectivity index is 1.87. The van der Waals surface area contributed by atoms with Gasteiger partial charge in [0.05, 0.1) is 17.8 Å². The third-order valence-electron chi connectivity index (χ3n) is 4.22. The minimum Gasteiger partial charge on any atom is -0.495 e. The van der Waals surface area contributed by atoms with Crippen molar-refractivity contribution in [2.24, 2.45) is 0 Å². The summed E-state index contributed by atoms with van der Waals surface area (Å²) in [6.07, 6.45) is -1.18. The van der Waals surface area contributed by atoms with E-state index in [9.17, 15) is 9.59 Å². The van der Waals surface area contributed by atoms with Gasteiger partial charge in [-0.15, -0.1) is 0 Å². The summed E-state index contributed by atoms with van der Waals surface area (Å²) in [6.45, 7) is 3.23. The lowest BCUT2D eigenvalue weighted by Gasteiger charge is -2.18. The molecule has 1 heterocycles. The van der Waals surface area contributed by atoms with Gasteiger partial charge < -0.3 is 19.3 Å². The van der Waals surface area contributed by atoms with Gasteiger partial charge in [-0.3, -0.25) is 4.79 Å². The number of benzene rings is 2. The summed E-state index contributed by atoms with van der Waals surface area (Å²) >= 11 is 6.12. The first-order valence-electron chi connectivity index (χ1n) is 8.74. The molecular weight excluding hydrogens is 396 g/mol. The molecule has 0 unspecified atom stereocenters. The third kappa shape index (κ3) is 4.57. The van der Waals surface area contributed by atoms with Crippen molar-refractivity contribution in [1.29, 1.82) is 0 Å². The van der Waals surface area contributed by atoms with E-state index in [0.717, 1.165) is 0 Å². The number of hydrogen-bond acceptors (Lipinski definition) is 6. The summed E-state index contributed by atoms with van der Waals surface area (Å²) in [5.74, 6) is -0.425. The molecule has 1 aromatic heterocycles. The second kappa shape index (κ2) is 8.79. The second-order valence-electron chi connectivity index (χ2n) is 6.23.